The number of carbonyl (C=O) groups excluding carboxylic acids is 3. The van der Waals surface area contributed by atoms with Crippen LogP contribution in [0.3, 0.4) is 0 Å². The van der Waals surface area contributed by atoms with Gasteiger partial charge in [0.25, 0.3) is 17.7 Å². The van der Waals surface area contributed by atoms with E-state index >= 15 is 0 Å². The molecule has 0 saturated heterocycles. The molecule has 1 aliphatic carbocycles. The summed E-state index contributed by atoms with van der Waals surface area (Å²) in [5.74, 6) is -0.976. The molecule has 32 heavy (non-hydrogen) atoms. The van der Waals surface area contributed by atoms with E-state index in [-0.39, 0.29) is 28.6 Å². The first kappa shape index (κ1) is 22.1. The molecule has 0 bridgehead atoms. The average molecular weight is 452 g/mol. The third-order valence-electron chi connectivity index (χ3n) is 5.96. The Labute approximate surface area is 192 Å². The van der Waals surface area contributed by atoms with Gasteiger partial charge in [0, 0.05) is 23.8 Å². The highest BCUT2D eigenvalue weighted by Gasteiger charge is 2.42. The fourth-order valence-electron chi connectivity index (χ4n) is 4.21. The van der Waals surface area contributed by atoms with Gasteiger partial charge in [0.2, 0.25) is 0 Å². The van der Waals surface area contributed by atoms with Crippen LogP contribution in [-0.4, -0.2) is 35.2 Å². The molecule has 166 valence electrons. The van der Waals surface area contributed by atoms with E-state index in [1.54, 1.807) is 24.3 Å². The molecule has 1 fully saturated rings. The molecule has 2 aromatic rings. The van der Waals surface area contributed by atoms with Crippen molar-refractivity contribution in [3.63, 3.8) is 0 Å². The molecular formula is C25H26ClN3O3. The van der Waals surface area contributed by atoms with Crippen molar-refractivity contribution in [1.29, 1.82) is 0 Å². The molecule has 6 nitrogen and oxygen atoms in total. The van der Waals surface area contributed by atoms with E-state index in [2.05, 4.69) is 10.6 Å². The quantitative estimate of drug-likeness (QED) is 0.618. The molecule has 2 aliphatic rings. The summed E-state index contributed by atoms with van der Waals surface area (Å²) in [6.45, 7) is 0.541. The summed E-state index contributed by atoms with van der Waals surface area (Å²) in [6, 6.07) is 16.6. The fourth-order valence-corrected chi connectivity index (χ4v) is 4.43. The van der Waals surface area contributed by atoms with Crippen molar-refractivity contribution in [2.75, 3.05) is 11.9 Å². The van der Waals surface area contributed by atoms with Gasteiger partial charge in [-0.05, 0) is 49.1 Å². The van der Waals surface area contributed by atoms with E-state index in [0.717, 1.165) is 44.1 Å². The van der Waals surface area contributed by atoms with Gasteiger partial charge < -0.3 is 10.6 Å². The second kappa shape index (κ2) is 10.0. The molecule has 0 atom stereocenters. The average Bonchev–Trinajstić information content (AvgIpc) is 3.03. The van der Waals surface area contributed by atoms with Crippen molar-refractivity contribution in [2.45, 2.75) is 44.6 Å². The highest BCUT2D eigenvalue weighted by molar-refractivity contribution is 6.48. The summed E-state index contributed by atoms with van der Waals surface area (Å²) < 4.78 is 0. The third-order valence-corrected chi connectivity index (χ3v) is 6.31. The predicted octanol–water partition coefficient (Wildman–Crippen LogP) is 4.22. The molecule has 0 spiro atoms. The summed E-state index contributed by atoms with van der Waals surface area (Å²) in [5, 5.41) is 5.80. The highest BCUT2D eigenvalue weighted by Crippen LogP contribution is 2.32. The number of amides is 3. The smallest absolute Gasteiger partial charge is 0.279 e. The molecule has 0 radical (unpaired) electrons. The van der Waals surface area contributed by atoms with Gasteiger partial charge in [0.15, 0.2) is 0 Å². The van der Waals surface area contributed by atoms with Gasteiger partial charge in [-0.1, -0.05) is 61.2 Å². The molecule has 0 unspecified atom stereocenters. The highest BCUT2D eigenvalue weighted by atomic mass is 35.5. The Morgan fingerprint density at radius 3 is 2.31 bits per heavy atom. The van der Waals surface area contributed by atoms with Crippen LogP contribution in [0.4, 0.5) is 5.69 Å². The predicted molar refractivity (Wildman–Crippen MR) is 124 cm³/mol. The van der Waals surface area contributed by atoms with E-state index in [1.807, 2.05) is 30.3 Å². The molecule has 3 amide bonds. The molecule has 0 aromatic heterocycles. The number of imide groups is 1. The lowest BCUT2D eigenvalue weighted by Crippen LogP contribution is -2.42. The van der Waals surface area contributed by atoms with E-state index in [0.29, 0.717) is 17.8 Å². The molecule has 2 aromatic carbocycles. The van der Waals surface area contributed by atoms with Crippen LogP contribution in [0, 0.1) is 0 Å². The SMILES string of the molecule is O=C(NCCc1ccccc1)c1ccc(NC2=C(Cl)C(=O)N(C3CCCCC3)C2=O)cc1. The molecule has 2 N–H and O–H groups in total. The van der Waals surface area contributed by atoms with Gasteiger partial charge in [-0.3, -0.25) is 19.3 Å². The standard InChI is InChI=1S/C25H26ClN3O3/c26-21-22(25(32)29(24(21)31)20-9-5-2-6-10-20)28-19-13-11-18(12-14-19)23(30)27-16-15-17-7-3-1-4-8-17/h1,3-4,7-8,11-14,20,28H,2,5-6,9-10,15-16H2,(H,27,30). The van der Waals surface area contributed by atoms with Crippen LogP contribution in [-0.2, 0) is 16.0 Å². The van der Waals surface area contributed by atoms with Crippen LogP contribution in [0.25, 0.3) is 0 Å². The van der Waals surface area contributed by atoms with Crippen LogP contribution in [0.1, 0.15) is 48.0 Å². The van der Waals surface area contributed by atoms with Crippen LogP contribution in [0.15, 0.2) is 65.3 Å². The Balaban J connectivity index is 1.35. The number of benzene rings is 2. The summed E-state index contributed by atoms with van der Waals surface area (Å²) in [5.41, 5.74) is 2.37. The van der Waals surface area contributed by atoms with Crippen molar-refractivity contribution in [3.8, 4) is 0 Å². The first-order valence-corrected chi connectivity index (χ1v) is 11.4. The Morgan fingerprint density at radius 2 is 1.62 bits per heavy atom. The molecule has 4 rings (SSSR count). The topological polar surface area (TPSA) is 78.5 Å². The number of carbonyl (C=O) groups is 3. The molecule has 7 heteroatoms. The minimum atomic E-state index is -0.430. The number of nitrogens with zero attached hydrogens (tertiary/aromatic N) is 1. The van der Waals surface area contributed by atoms with E-state index < -0.39 is 5.91 Å². The van der Waals surface area contributed by atoms with Gasteiger partial charge >= 0.3 is 0 Å². The van der Waals surface area contributed by atoms with Crippen molar-refractivity contribution < 1.29 is 14.4 Å². The molecule has 1 heterocycles. The zero-order chi connectivity index (χ0) is 22.5. The molecule has 1 saturated carbocycles. The number of halogens is 1. The maximum absolute atomic E-state index is 12.9. The Bertz CT molecular complexity index is 1030. The number of rotatable bonds is 7. The van der Waals surface area contributed by atoms with Crippen LogP contribution in [0.2, 0.25) is 0 Å². The lowest BCUT2D eigenvalue weighted by molar-refractivity contribution is -0.140. The second-order valence-electron chi connectivity index (χ2n) is 8.15. The van der Waals surface area contributed by atoms with Crippen molar-refractivity contribution in [2.24, 2.45) is 0 Å². The van der Waals surface area contributed by atoms with Crippen molar-refractivity contribution in [1.82, 2.24) is 10.2 Å². The van der Waals surface area contributed by atoms with Crippen molar-refractivity contribution in [3.05, 3.63) is 76.5 Å². The maximum atomic E-state index is 12.9. The zero-order valence-corrected chi connectivity index (χ0v) is 18.5. The van der Waals surface area contributed by atoms with E-state index in [9.17, 15) is 14.4 Å². The van der Waals surface area contributed by atoms with Gasteiger partial charge in [0.05, 0.1) is 0 Å². The summed E-state index contributed by atoms with van der Waals surface area (Å²) in [4.78, 5) is 39.2. The zero-order valence-electron chi connectivity index (χ0n) is 17.8. The maximum Gasteiger partial charge on any atom is 0.279 e. The fraction of sp³-hybridized carbons (Fsp3) is 0.320. The van der Waals surface area contributed by atoms with Gasteiger partial charge in [-0.25, -0.2) is 0 Å². The van der Waals surface area contributed by atoms with Crippen LogP contribution in [0.5, 0.6) is 0 Å². The minimum Gasteiger partial charge on any atom is -0.352 e. The number of nitrogens with one attached hydrogen (secondary N) is 2. The van der Waals surface area contributed by atoms with E-state index in [1.165, 1.54) is 4.90 Å². The molecule has 1 aliphatic heterocycles. The normalized spacial score (nSPS) is 17.1. The lowest BCUT2D eigenvalue weighted by Gasteiger charge is -2.29. The minimum absolute atomic E-state index is 0.0803. The van der Waals surface area contributed by atoms with Gasteiger partial charge in [-0.2, -0.15) is 0 Å². The number of hydrogen-bond donors (Lipinski definition) is 2. The first-order chi connectivity index (χ1) is 15.5. The number of hydrogen-bond acceptors (Lipinski definition) is 4. The van der Waals surface area contributed by atoms with Gasteiger partial charge in [0.1, 0.15) is 10.7 Å². The second-order valence-corrected chi connectivity index (χ2v) is 8.53. The summed E-state index contributed by atoms with van der Waals surface area (Å²) in [7, 11) is 0. The molecular weight excluding hydrogens is 426 g/mol. The Morgan fingerprint density at radius 1 is 0.938 bits per heavy atom. The first-order valence-electron chi connectivity index (χ1n) is 11.0. The number of anilines is 1. The Hall–Kier alpha value is -3.12. The summed E-state index contributed by atoms with van der Waals surface area (Å²) >= 11 is 6.22. The largest absolute Gasteiger partial charge is 0.352 e. The van der Waals surface area contributed by atoms with Gasteiger partial charge in [-0.15, -0.1) is 0 Å². The van der Waals surface area contributed by atoms with E-state index in [4.69, 9.17) is 11.6 Å². The van der Waals surface area contributed by atoms with Crippen LogP contribution < -0.4 is 10.6 Å². The Kier molecular flexibility index (Phi) is 6.90. The third kappa shape index (κ3) is 4.86. The summed E-state index contributed by atoms with van der Waals surface area (Å²) in [6.07, 6.45) is 5.55. The van der Waals surface area contributed by atoms with Crippen molar-refractivity contribution >= 4 is 35.0 Å². The lowest BCUT2D eigenvalue weighted by atomic mass is 9.94. The monoisotopic (exact) mass is 451 g/mol. The van der Waals surface area contributed by atoms with Crippen LogP contribution >= 0.6 is 11.6 Å².